The van der Waals surface area contributed by atoms with Crippen LogP contribution in [-0.2, 0) is 9.59 Å². The number of anilines is 1. The highest BCUT2D eigenvalue weighted by atomic mass is 79.9. The Bertz CT molecular complexity index is 793. The number of carbonyl (C=O) groups excluding carboxylic acids is 2. The number of hydrogen-bond acceptors (Lipinski definition) is 4. The molecule has 0 heterocycles. The fourth-order valence-electron chi connectivity index (χ4n) is 2.38. The van der Waals surface area contributed by atoms with Crippen molar-refractivity contribution in [1.29, 1.82) is 0 Å². The molecule has 27 heavy (non-hydrogen) atoms. The molecule has 0 bridgehead atoms. The van der Waals surface area contributed by atoms with Crippen LogP contribution in [0.25, 0.3) is 0 Å². The molecule has 0 aliphatic carbocycles. The van der Waals surface area contributed by atoms with Crippen molar-refractivity contribution in [3.05, 3.63) is 52.5 Å². The van der Waals surface area contributed by atoms with Crippen LogP contribution in [0.5, 0.6) is 11.5 Å². The van der Waals surface area contributed by atoms with Crippen LogP contribution >= 0.6 is 15.9 Å². The molecule has 1 N–H and O–H groups in total. The molecule has 0 aliphatic heterocycles. The zero-order valence-electron chi connectivity index (χ0n) is 15.6. The molecule has 0 radical (unpaired) electrons. The molecule has 144 valence electrons. The summed E-state index contributed by atoms with van der Waals surface area (Å²) in [6.45, 7) is 2.13. The molecule has 2 aromatic rings. The highest BCUT2D eigenvalue weighted by molar-refractivity contribution is 9.10. The standard InChI is InChI=1S/C20H23BrN2O4/c1-14-12-15(21)4-9-18(14)22-19(24)13-23(2)20(25)10-11-27-17-7-5-16(26-3)6-8-17/h4-9,12H,10-11,13H2,1-3H3,(H,22,24). The molecule has 7 heteroatoms. The van der Waals surface area contributed by atoms with E-state index in [1.807, 2.05) is 25.1 Å². The zero-order chi connectivity index (χ0) is 19.8. The zero-order valence-corrected chi connectivity index (χ0v) is 17.2. The number of nitrogens with one attached hydrogen (secondary N) is 1. The van der Waals surface area contributed by atoms with Crippen molar-refractivity contribution in [2.75, 3.05) is 32.6 Å². The number of hydrogen-bond donors (Lipinski definition) is 1. The fourth-order valence-corrected chi connectivity index (χ4v) is 2.86. The molecule has 0 unspecified atom stereocenters. The lowest BCUT2D eigenvalue weighted by Crippen LogP contribution is -2.35. The van der Waals surface area contributed by atoms with E-state index in [0.29, 0.717) is 5.75 Å². The number of carbonyl (C=O) groups is 2. The van der Waals surface area contributed by atoms with Crippen molar-refractivity contribution in [3.8, 4) is 11.5 Å². The number of likely N-dealkylation sites (N-methyl/N-ethyl adjacent to an activating group) is 1. The molecule has 2 rings (SSSR count). The van der Waals surface area contributed by atoms with Crippen LogP contribution in [0.15, 0.2) is 46.9 Å². The smallest absolute Gasteiger partial charge is 0.243 e. The number of rotatable bonds is 8. The van der Waals surface area contributed by atoms with Gasteiger partial charge < -0.3 is 19.7 Å². The summed E-state index contributed by atoms with van der Waals surface area (Å²) in [5, 5.41) is 2.82. The minimum Gasteiger partial charge on any atom is -0.497 e. The minimum atomic E-state index is -0.243. The first-order valence-electron chi connectivity index (χ1n) is 8.46. The monoisotopic (exact) mass is 434 g/mol. The van der Waals surface area contributed by atoms with E-state index in [4.69, 9.17) is 9.47 Å². The number of aryl methyl sites for hydroxylation is 1. The summed E-state index contributed by atoms with van der Waals surface area (Å²) in [7, 11) is 3.20. The SMILES string of the molecule is COc1ccc(OCCC(=O)N(C)CC(=O)Nc2ccc(Br)cc2C)cc1. The maximum Gasteiger partial charge on any atom is 0.243 e. The molecule has 6 nitrogen and oxygen atoms in total. The number of methoxy groups -OCH3 is 1. The van der Waals surface area contributed by atoms with Crippen molar-refractivity contribution in [3.63, 3.8) is 0 Å². The predicted molar refractivity (Wildman–Crippen MR) is 108 cm³/mol. The normalized spacial score (nSPS) is 10.2. The molecule has 0 spiro atoms. The van der Waals surface area contributed by atoms with Gasteiger partial charge in [0.2, 0.25) is 11.8 Å². The Morgan fingerprint density at radius 2 is 1.78 bits per heavy atom. The molecular weight excluding hydrogens is 412 g/mol. The van der Waals surface area contributed by atoms with E-state index in [1.54, 1.807) is 38.4 Å². The van der Waals surface area contributed by atoms with E-state index < -0.39 is 0 Å². The van der Waals surface area contributed by atoms with Crippen LogP contribution in [-0.4, -0.2) is 44.0 Å². The molecule has 2 aromatic carbocycles. The van der Waals surface area contributed by atoms with Crippen molar-refractivity contribution in [2.45, 2.75) is 13.3 Å². The summed E-state index contributed by atoms with van der Waals surface area (Å²) < 4.78 is 11.6. The molecule has 0 fully saturated rings. The largest absolute Gasteiger partial charge is 0.497 e. The van der Waals surface area contributed by atoms with Crippen molar-refractivity contribution < 1.29 is 19.1 Å². The number of amides is 2. The lowest BCUT2D eigenvalue weighted by molar-refractivity contribution is -0.133. The Morgan fingerprint density at radius 3 is 2.41 bits per heavy atom. The third kappa shape index (κ3) is 6.60. The number of nitrogens with zero attached hydrogens (tertiary/aromatic N) is 1. The number of ether oxygens (including phenoxy) is 2. The van der Waals surface area contributed by atoms with E-state index in [0.717, 1.165) is 21.5 Å². The second-order valence-electron chi connectivity index (χ2n) is 6.03. The highest BCUT2D eigenvalue weighted by Gasteiger charge is 2.14. The van der Waals surface area contributed by atoms with Crippen LogP contribution in [0.3, 0.4) is 0 Å². The van der Waals surface area contributed by atoms with Gasteiger partial charge in [0.15, 0.2) is 0 Å². The average molecular weight is 435 g/mol. The molecule has 2 amide bonds. The minimum absolute atomic E-state index is 0.0170. The van der Waals surface area contributed by atoms with E-state index >= 15 is 0 Å². The first-order valence-corrected chi connectivity index (χ1v) is 9.25. The Kier molecular flexibility index (Phi) is 7.67. The second-order valence-corrected chi connectivity index (χ2v) is 6.95. The van der Waals surface area contributed by atoms with Crippen molar-refractivity contribution in [2.24, 2.45) is 0 Å². The van der Waals surface area contributed by atoms with Gasteiger partial charge in [-0.3, -0.25) is 9.59 Å². The maximum atomic E-state index is 12.2. The van der Waals surface area contributed by atoms with Gasteiger partial charge in [-0.25, -0.2) is 0 Å². The summed E-state index contributed by atoms with van der Waals surface area (Å²) in [6, 6.07) is 12.7. The Morgan fingerprint density at radius 1 is 1.11 bits per heavy atom. The van der Waals surface area contributed by atoms with Gasteiger partial charge in [-0.2, -0.15) is 0 Å². The third-order valence-electron chi connectivity index (χ3n) is 3.91. The second kappa shape index (κ2) is 9.97. The molecule has 0 atom stereocenters. The molecule has 0 aliphatic rings. The van der Waals surface area contributed by atoms with Gasteiger partial charge in [0.1, 0.15) is 11.5 Å². The van der Waals surface area contributed by atoms with Crippen LogP contribution < -0.4 is 14.8 Å². The topological polar surface area (TPSA) is 67.9 Å². The van der Waals surface area contributed by atoms with Crippen LogP contribution in [0, 0.1) is 6.92 Å². The third-order valence-corrected chi connectivity index (χ3v) is 4.41. The van der Waals surface area contributed by atoms with Crippen LogP contribution in [0.1, 0.15) is 12.0 Å². The van der Waals surface area contributed by atoms with E-state index in [-0.39, 0.29) is 31.4 Å². The highest BCUT2D eigenvalue weighted by Crippen LogP contribution is 2.20. The predicted octanol–water partition coefficient (Wildman–Crippen LogP) is 3.63. The first kappa shape index (κ1) is 20.8. The number of benzene rings is 2. The molecule has 0 aromatic heterocycles. The van der Waals surface area contributed by atoms with Gasteiger partial charge in [0.25, 0.3) is 0 Å². The molecule has 0 saturated carbocycles. The molecular formula is C20H23BrN2O4. The van der Waals surface area contributed by atoms with Crippen molar-refractivity contribution in [1.82, 2.24) is 4.90 Å². The quantitative estimate of drug-likeness (QED) is 0.688. The van der Waals surface area contributed by atoms with Gasteiger partial charge in [-0.05, 0) is 55.0 Å². The van der Waals surface area contributed by atoms with E-state index in [2.05, 4.69) is 21.2 Å². The summed E-state index contributed by atoms with van der Waals surface area (Å²) in [5.74, 6) is 0.999. The average Bonchev–Trinajstić information content (AvgIpc) is 2.64. The maximum absolute atomic E-state index is 12.2. The summed E-state index contributed by atoms with van der Waals surface area (Å²) >= 11 is 3.39. The van der Waals surface area contributed by atoms with Gasteiger partial charge in [-0.1, -0.05) is 15.9 Å². The lowest BCUT2D eigenvalue weighted by atomic mass is 10.2. The van der Waals surface area contributed by atoms with Gasteiger partial charge in [0.05, 0.1) is 26.7 Å². The Labute approximate surface area is 167 Å². The van der Waals surface area contributed by atoms with Gasteiger partial charge >= 0.3 is 0 Å². The summed E-state index contributed by atoms with van der Waals surface area (Å²) in [5.41, 5.74) is 1.67. The van der Waals surface area contributed by atoms with Gasteiger partial charge in [0, 0.05) is 17.2 Å². The summed E-state index contributed by atoms with van der Waals surface area (Å²) in [4.78, 5) is 25.7. The molecule has 0 saturated heterocycles. The van der Waals surface area contributed by atoms with Gasteiger partial charge in [-0.15, -0.1) is 0 Å². The first-order chi connectivity index (χ1) is 12.9. The Hall–Kier alpha value is -2.54. The van der Waals surface area contributed by atoms with Crippen LogP contribution in [0.4, 0.5) is 5.69 Å². The summed E-state index contributed by atoms with van der Waals surface area (Å²) in [6.07, 6.45) is 0.188. The Balaban J connectivity index is 1.76. The van der Waals surface area contributed by atoms with E-state index in [9.17, 15) is 9.59 Å². The number of halogens is 1. The van der Waals surface area contributed by atoms with Crippen molar-refractivity contribution >= 4 is 33.4 Å². The van der Waals surface area contributed by atoms with E-state index in [1.165, 1.54) is 4.90 Å². The lowest BCUT2D eigenvalue weighted by Gasteiger charge is -2.17. The van der Waals surface area contributed by atoms with Crippen LogP contribution in [0.2, 0.25) is 0 Å². The fraction of sp³-hybridized carbons (Fsp3) is 0.300.